The van der Waals surface area contributed by atoms with Crippen molar-refractivity contribution >= 4 is 23.2 Å². The van der Waals surface area contributed by atoms with E-state index in [0.717, 1.165) is 23.4 Å². The molecule has 1 heterocycles. The van der Waals surface area contributed by atoms with Gasteiger partial charge in [0.05, 0.1) is 12.3 Å². The van der Waals surface area contributed by atoms with E-state index >= 15 is 0 Å². The van der Waals surface area contributed by atoms with Gasteiger partial charge in [0, 0.05) is 36.7 Å². The van der Waals surface area contributed by atoms with Crippen molar-refractivity contribution in [2.24, 2.45) is 5.16 Å². The normalized spacial score (nSPS) is 15.9. The third-order valence-corrected chi connectivity index (χ3v) is 4.58. The molecule has 5 nitrogen and oxygen atoms in total. The number of nitrogens with zero attached hydrogens (tertiary/aromatic N) is 2. The second-order valence-corrected chi connectivity index (χ2v) is 6.86. The Morgan fingerprint density at radius 2 is 2.04 bits per heavy atom. The zero-order valence-corrected chi connectivity index (χ0v) is 16.0. The number of carbonyl (C=O) groups excluding carboxylic acids is 1. The summed E-state index contributed by atoms with van der Waals surface area (Å²) in [5, 5.41) is 4.71. The topological polar surface area (TPSA) is 51.1 Å². The van der Waals surface area contributed by atoms with Gasteiger partial charge in [-0.3, -0.25) is 4.79 Å². The Labute approximate surface area is 166 Å². The van der Waals surface area contributed by atoms with E-state index in [4.69, 9.17) is 21.2 Å². The fourth-order valence-corrected chi connectivity index (χ4v) is 3.04. The van der Waals surface area contributed by atoms with Gasteiger partial charge in [-0.2, -0.15) is 0 Å². The van der Waals surface area contributed by atoms with Crippen molar-refractivity contribution in [2.75, 3.05) is 20.3 Å². The molecule has 1 aliphatic rings. The molecule has 0 fully saturated rings. The van der Waals surface area contributed by atoms with Gasteiger partial charge in [0.25, 0.3) is 0 Å². The average Bonchev–Trinajstić information content (AvgIpc) is 3.12. The minimum Gasteiger partial charge on any atom is -0.390 e. The Kier molecular flexibility index (Phi) is 6.59. The maximum absolute atomic E-state index is 14.0. The average molecular weight is 409 g/mol. The molecule has 1 aliphatic heterocycles. The molecule has 0 N–H and O–H groups in total. The van der Waals surface area contributed by atoms with Crippen molar-refractivity contribution in [1.82, 2.24) is 4.90 Å². The predicted molar refractivity (Wildman–Crippen MR) is 101 cm³/mol. The van der Waals surface area contributed by atoms with Gasteiger partial charge in [-0.05, 0) is 23.8 Å². The van der Waals surface area contributed by atoms with E-state index in [1.54, 1.807) is 12.1 Å². The zero-order valence-electron chi connectivity index (χ0n) is 15.2. The molecular formula is C20H19ClF2N2O3. The molecule has 8 heteroatoms. The van der Waals surface area contributed by atoms with Gasteiger partial charge >= 0.3 is 0 Å². The lowest BCUT2D eigenvalue weighted by Gasteiger charge is -2.25. The summed E-state index contributed by atoms with van der Waals surface area (Å²) >= 11 is 5.90. The summed E-state index contributed by atoms with van der Waals surface area (Å²) in [6, 6.07) is 10.5. The summed E-state index contributed by atoms with van der Waals surface area (Å²) in [7, 11) is 1.41. The van der Waals surface area contributed by atoms with Crippen molar-refractivity contribution in [2.45, 2.75) is 19.1 Å². The predicted octanol–water partition coefficient (Wildman–Crippen LogP) is 3.79. The van der Waals surface area contributed by atoms with Crippen molar-refractivity contribution in [1.29, 1.82) is 0 Å². The van der Waals surface area contributed by atoms with Crippen LogP contribution in [0.15, 0.2) is 47.6 Å². The summed E-state index contributed by atoms with van der Waals surface area (Å²) < 4.78 is 32.1. The Bertz CT molecular complexity index is 874. The van der Waals surface area contributed by atoms with Crippen molar-refractivity contribution in [3.05, 3.63) is 70.2 Å². The van der Waals surface area contributed by atoms with Crippen molar-refractivity contribution in [3.63, 3.8) is 0 Å². The number of amides is 1. The fraction of sp³-hybridized carbons (Fsp3) is 0.300. The van der Waals surface area contributed by atoms with Crippen LogP contribution >= 0.6 is 11.6 Å². The number of halogens is 3. The highest BCUT2D eigenvalue weighted by atomic mass is 35.5. The summed E-state index contributed by atoms with van der Waals surface area (Å²) in [5.41, 5.74) is 1.84. The van der Waals surface area contributed by atoms with E-state index in [1.807, 2.05) is 12.1 Å². The molecule has 2 aromatic carbocycles. The molecule has 1 amide bonds. The van der Waals surface area contributed by atoms with Gasteiger partial charge in [0.1, 0.15) is 18.2 Å². The van der Waals surface area contributed by atoms with Crippen molar-refractivity contribution in [3.8, 4) is 0 Å². The number of ether oxygens (including phenoxy) is 1. The van der Waals surface area contributed by atoms with E-state index in [9.17, 15) is 13.6 Å². The Morgan fingerprint density at radius 3 is 2.71 bits per heavy atom. The lowest BCUT2D eigenvalue weighted by Crippen LogP contribution is -2.39. The third kappa shape index (κ3) is 5.05. The number of methoxy groups -OCH3 is 1. The second kappa shape index (κ2) is 9.12. The van der Waals surface area contributed by atoms with E-state index in [1.165, 1.54) is 18.1 Å². The molecule has 0 aromatic heterocycles. The van der Waals surface area contributed by atoms with Crippen LogP contribution in [0.4, 0.5) is 8.78 Å². The molecule has 0 aliphatic carbocycles. The Morgan fingerprint density at radius 1 is 1.29 bits per heavy atom. The molecule has 28 heavy (non-hydrogen) atoms. The summed E-state index contributed by atoms with van der Waals surface area (Å²) in [6.45, 7) is 0.0183. The lowest BCUT2D eigenvalue weighted by atomic mass is 10.0. The molecule has 0 bridgehead atoms. The van der Waals surface area contributed by atoms with Gasteiger partial charge < -0.3 is 14.5 Å². The SMILES string of the molecule is COCC(=O)N(Cc1ccc(F)cc1F)C[C@H]1CC(c2ccc(Cl)cc2)=NO1. The van der Waals surface area contributed by atoms with Gasteiger partial charge in [0.15, 0.2) is 6.10 Å². The van der Waals surface area contributed by atoms with E-state index in [0.29, 0.717) is 11.4 Å². The first-order valence-corrected chi connectivity index (χ1v) is 9.03. The highest BCUT2D eigenvalue weighted by molar-refractivity contribution is 6.30. The number of carbonyl (C=O) groups is 1. The molecule has 148 valence electrons. The summed E-state index contributed by atoms with van der Waals surface area (Å²) in [5.74, 6) is -1.70. The first-order chi connectivity index (χ1) is 13.5. The van der Waals surface area contributed by atoms with Gasteiger partial charge in [-0.1, -0.05) is 35.0 Å². The summed E-state index contributed by atoms with van der Waals surface area (Å²) in [6.07, 6.45) is 0.111. The van der Waals surface area contributed by atoms with Crippen LogP contribution in [0.5, 0.6) is 0 Å². The van der Waals surface area contributed by atoms with Crippen LogP contribution in [-0.2, 0) is 20.9 Å². The van der Waals surface area contributed by atoms with Crippen LogP contribution in [0.1, 0.15) is 17.5 Å². The number of hydrogen-bond acceptors (Lipinski definition) is 4. The molecule has 3 rings (SSSR count). The number of benzene rings is 2. The first-order valence-electron chi connectivity index (χ1n) is 8.65. The molecule has 0 saturated heterocycles. The van der Waals surface area contributed by atoms with Crippen LogP contribution in [0.25, 0.3) is 0 Å². The van der Waals surface area contributed by atoms with E-state index in [-0.39, 0.29) is 37.3 Å². The van der Waals surface area contributed by atoms with Crippen LogP contribution in [-0.4, -0.2) is 42.9 Å². The maximum atomic E-state index is 14.0. The number of oxime groups is 1. The lowest BCUT2D eigenvalue weighted by molar-refractivity contribution is -0.137. The van der Waals surface area contributed by atoms with E-state index in [2.05, 4.69) is 5.16 Å². The Hall–Kier alpha value is -2.51. The minimum absolute atomic E-state index is 0.0234. The van der Waals surface area contributed by atoms with Crippen LogP contribution in [0.3, 0.4) is 0 Å². The highest BCUT2D eigenvalue weighted by Crippen LogP contribution is 2.21. The monoisotopic (exact) mass is 408 g/mol. The van der Waals surface area contributed by atoms with Crippen LogP contribution in [0.2, 0.25) is 5.02 Å². The third-order valence-electron chi connectivity index (χ3n) is 4.33. The highest BCUT2D eigenvalue weighted by Gasteiger charge is 2.27. The molecule has 1 atom stereocenters. The second-order valence-electron chi connectivity index (χ2n) is 6.42. The van der Waals surface area contributed by atoms with Gasteiger partial charge in [-0.25, -0.2) is 8.78 Å². The molecule has 0 radical (unpaired) electrons. The van der Waals surface area contributed by atoms with Crippen molar-refractivity contribution < 1.29 is 23.1 Å². The molecule has 0 unspecified atom stereocenters. The molecule has 0 saturated carbocycles. The smallest absolute Gasteiger partial charge is 0.248 e. The molecule has 0 spiro atoms. The quantitative estimate of drug-likeness (QED) is 0.700. The minimum atomic E-state index is -0.708. The summed E-state index contributed by atoms with van der Waals surface area (Å²) in [4.78, 5) is 19.3. The molecular weight excluding hydrogens is 390 g/mol. The maximum Gasteiger partial charge on any atom is 0.248 e. The Balaban J connectivity index is 1.68. The molecule has 2 aromatic rings. The first kappa shape index (κ1) is 20.2. The fourth-order valence-electron chi connectivity index (χ4n) is 2.91. The number of rotatable bonds is 7. The van der Waals surface area contributed by atoms with Gasteiger partial charge in [-0.15, -0.1) is 0 Å². The van der Waals surface area contributed by atoms with Crippen LogP contribution < -0.4 is 0 Å². The number of hydrogen-bond donors (Lipinski definition) is 0. The van der Waals surface area contributed by atoms with Crippen LogP contribution in [0, 0.1) is 11.6 Å². The zero-order chi connectivity index (χ0) is 20.1. The largest absolute Gasteiger partial charge is 0.390 e. The standard InChI is InChI=1S/C20H19ClF2N2O3/c1-27-12-20(26)25(10-14-4-7-16(22)8-18(14)23)11-17-9-19(24-28-17)13-2-5-15(21)6-3-13/h2-8,17H,9-12H2,1H3/t17-/m1/s1. The van der Waals surface area contributed by atoms with E-state index < -0.39 is 11.6 Å². The van der Waals surface area contributed by atoms with Gasteiger partial charge in [0.2, 0.25) is 5.91 Å².